The molecule has 0 unspecified atom stereocenters. The molecule has 0 bridgehead atoms. The lowest BCUT2D eigenvalue weighted by atomic mass is 10.1. The predicted octanol–water partition coefficient (Wildman–Crippen LogP) is 4.03. The summed E-state index contributed by atoms with van der Waals surface area (Å²) in [5.41, 5.74) is 4.08. The molecule has 7 nitrogen and oxygen atoms in total. The van der Waals surface area contributed by atoms with Crippen LogP contribution in [0.4, 0.5) is 0 Å². The van der Waals surface area contributed by atoms with Crippen LogP contribution in [0.1, 0.15) is 18.1 Å². The molecule has 2 atom stereocenters. The molecule has 0 aliphatic heterocycles. The van der Waals surface area contributed by atoms with Crippen LogP contribution in [0.2, 0.25) is 10.0 Å². The van der Waals surface area contributed by atoms with E-state index in [1.807, 2.05) is 30.3 Å². The summed E-state index contributed by atoms with van der Waals surface area (Å²) in [6, 6.07) is 16.7. The SMILES string of the molecule is C[C@@H](Oc1ccc(Cl)cc1Cl)C(=O)N[C@@H](Cc1ccccc1)C(=O)N/N=C\c1cccnc1. The number of carbonyl (C=O) groups excluding carboxylic acids is 2. The van der Waals surface area contributed by atoms with Gasteiger partial charge in [-0.05, 0) is 36.8 Å². The summed E-state index contributed by atoms with van der Waals surface area (Å²) in [4.78, 5) is 29.6. The van der Waals surface area contributed by atoms with Gasteiger partial charge >= 0.3 is 0 Å². The van der Waals surface area contributed by atoms with Crippen LogP contribution in [0.3, 0.4) is 0 Å². The van der Waals surface area contributed by atoms with Gasteiger partial charge in [0.25, 0.3) is 11.8 Å². The molecule has 0 saturated carbocycles. The van der Waals surface area contributed by atoms with Gasteiger partial charge in [0.1, 0.15) is 11.8 Å². The van der Waals surface area contributed by atoms with E-state index in [0.29, 0.717) is 10.8 Å². The maximum atomic E-state index is 12.8. The minimum absolute atomic E-state index is 0.273. The number of benzene rings is 2. The molecule has 0 aliphatic carbocycles. The average molecular weight is 485 g/mol. The maximum absolute atomic E-state index is 12.8. The molecular weight excluding hydrogens is 463 g/mol. The number of hydrazone groups is 1. The number of amides is 2. The number of ether oxygens (including phenoxy) is 1. The van der Waals surface area contributed by atoms with E-state index < -0.39 is 24.0 Å². The van der Waals surface area contributed by atoms with Crippen molar-refractivity contribution >= 4 is 41.2 Å². The van der Waals surface area contributed by atoms with Crippen LogP contribution in [0.25, 0.3) is 0 Å². The van der Waals surface area contributed by atoms with E-state index in [-0.39, 0.29) is 11.4 Å². The lowest BCUT2D eigenvalue weighted by Crippen LogP contribution is -2.50. The Kier molecular flexibility index (Phi) is 8.80. The van der Waals surface area contributed by atoms with E-state index in [4.69, 9.17) is 27.9 Å². The van der Waals surface area contributed by atoms with Gasteiger partial charge in [0.05, 0.1) is 11.2 Å². The Bertz CT molecular complexity index is 1110. The molecule has 3 rings (SSSR count). The molecule has 2 N–H and O–H groups in total. The van der Waals surface area contributed by atoms with Crippen molar-refractivity contribution in [2.24, 2.45) is 5.10 Å². The fourth-order valence-corrected chi connectivity index (χ4v) is 3.32. The molecule has 2 amide bonds. The van der Waals surface area contributed by atoms with Crippen molar-refractivity contribution < 1.29 is 14.3 Å². The summed E-state index contributed by atoms with van der Waals surface area (Å²) in [7, 11) is 0. The number of nitrogens with zero attached hydrogens (tertiary/aromatic N) is 2. The van der Waals surface area contributed by atoms with Gasteiger partial charge in [-0.15, -0.1) is 0 Å². The molecule has 1 heterocycles. The van der Waals surface area contributed by atoms with Crippen LogP contribution in [0, 0.1) is 0 Å². The summed E-state index contributed by atoms with van der Waals surface area (Å²) >= 11 is 12.0. The molecule has 0 aliphatic rings. The minimum atomic E-state index is -0.909. The van der Waals surface area contributed by atoms with Gasteiger partial charge in [0, 0.05) is 29.4 Å². The highest BCUT2D eigenvalue weighted by Gasteiger charge is 2.25. The monoisotopic (exact) mass is 484 g/mol. The first-order chi connectivity index (χ1) is 15.9. The summed E-state index contributed by atoms with van der Waals surface area (Å²) < 4.78 is 5.66. The van der Waals surface area contributed by atoms with Gasteiger partial charge in [-0.1, -0.05) is 59.6 Å². The Labute approximate surface area is 201 Å². The first-order valence-corrected chi connectivity index (χ1v) is 10.9. The second kappa shape index (κ2) is 12.0. The number of rotatable bonds is 9. The molecule has 33 heavy (non-hydrogen) atoms. The topological polar surface area (TPSA) is 92.7 Å². The number of nitrogens with one attached hydrogen (secondary N) is 2. The number of aromatic nitrogens is 1. The lowest BCUT2D eigenvalue weighted by Gasteiger charge is -2.21. The van der Waals surface area contributed by atoms with E-state index in [0.717, 1.165) is 11.1 Å². The smallest absolute Gasteiger partial charge is 0.262 e. The first kappa shape index (κ1) is 24.2. The zero-order valence-corrected chi connectivity index (χ0v) is 19.3. The molecule has 3 aromatic rings. The summed E-state index contributed by atoms with van der Waals surface area (Å²) in [5, 5.41) is 7.44. The molecule has 1 aromatic heterocycles. The fraction of sp³-hybridized carbons (Fsp3) is 0.167. The van der Waals surface area contributed by atoms with Gasteiger partial charge < -0.3 is 10.1 Å². The van der Waals surface area contributed by atoms with Gasteiger partial charge in [-0.2, -0.15) is 5.10 Å². The van der Waals surface area contributed by atoms with Crippen LogP contribution in [0.15, 0.2) is 78.2 Å². The Morgan fingerprint density at radius 3 is 2.58 bits per heavy atom. The lowest BCUT2D eigenvalue weighted by molar-refractivity contribution is -0.132. The van der Waals surface area contributed by atoms with Crippen molar-refractivity contribution in [3.63, 3.8) is 0 Å². The Hall–Kier alpha value is -3.42. The summed E-state index contributed by atoms with van der Waals surface area (Å²) in [5.74, 6) is -0.633. The maximum Gasteiger partial charge on any atom is 0.262 e. The Morgan fingerprint density at radius 2 is 1.88 bits per heavy atom. The summed E-state index contributed by atoms with van der Waals surface area (Å²) in [6.45, 7) is 1.57. The van der Waals surface area contributed by atoms with Crippen LogP contribution in [-0.2, 0) is 16.0 Å². The molecule has 2 aromatic carbocycles. The van der Waals surface area contributed by atoms with Gasteiger partial charge in [0.15, 0.2) is 6.10 Å². The van der Waals surface area contributed by atoms with Gasteiger partial charge in [-0.25, -0.2) is 5.43 Å². The standard InChI is InChI=1S/C24H22Cl2N4O3/c1-16(33-22-10-9-19(25)13-20(22)26)23(31)29-21(12-17-6-3-2-4-7-17)24(32)30-28-15-18-8-5-11-27-14-18/h2-11,13-16,21H,12H2,1H3,(H,29,31)(H,30,32)/b28-15-/t16-,21+/m1/s1. The molecule has 0 fully saturated rings. The molecular formula is C24H22Cl2N4O3. The molecule has 9 heteroatoms. The Morgan fingerprint density at radius 1 is 1.09 bits per heavy atom. The van der Waals surface area contributed by atoms with Crippen molar-refractivity contribution in [2.45, 2.75) is 25.5 Å². The van der Waals surface area contributed by atoms with Gasteiger partial charge in [0.2, 0.25) is 0 Å². The van der Waals surface area contributed by atoms with Crippen molar-refractivity contribution in [2.75, 3.05) is 0 Å². The third kappa shape index (κ3) is 7.59. The zero-order chi connectivity index (χ0) is 23.6. The molecule has 0 saturated heterocycles. The number of carbonyl (C=O) groups is 2. The zero-order valence-electron chi connectivity index (χ0n) is 17.7. The predicted molar refractivity (Wildman–Crippen MR) is 129 cm³/mol. The fourth-order valence-electron chi connectivity index (χ4n) is 2.86. The quantitative estimate of drug-likeness (QED) is 0.354. The third-order valence-corrected chi connectivity index (χ3v) is 5.09. The van der Waals surface area contributed by atoms with Crippen LogP contribution in [0.5, 0.6) is 5.75 Å². The minimum Gasteiger partial charge on any atom is -0.479 e. The first-order valence-electron chi connectivity index (χ1n) is 10.1. The van der Waals surface area contributed by atoms with E-state index >= 15 is 0 Å². The third-order valence-electron chi connectivity index (χ3n) is 4.56. The molecule has 0 spiro atoms. The molecule has 170 valence electrons. The Balaban J connectivity index is 1.68. The van der Waals surface area contributed by atoms with E-state index in [1.54, 1.807) is 43.6 Å². The number of pyridine rings is 1. The number of halogens is 2. The highest BCUT2D eigenvalue weighted by molar-refractivity contribution is 6.35. The second-order valence-electron chi connectivity index (χ2n) is 7.11. The van der Waals surface area contributed by atoms with Crippen molar-refractivity contribution in [3.8, 4) is 5.75 Å². The average Bonchev–Trinajstić information content (AvgIpc) is 2.81. The van der Waals surface area contributed by atoms with E-state index in [2.05, 4.69) is 20.8 Å². The van der Waals surface area contributed by atoms with E-state index in [9.17, 15) is 9.59 Å². The second-order valence-corrected chi connectivity index (χ2v) is 7.95. The van der Waals surface area contributed by atoms with Crippen LogP contribution < -0.4 is 15.5 Å². The number of hydrogen-bond acceptors (Lipinski definition) is 5. The van der Waals surface area contributed by atoms with Crippen molar-refractivity contribution in [1.82, 2.24) is 15.7 Å². The largest absolute Gasteiger partial charge is 0.479 e. The van der Waals surface area contributed by atoms with Crippen molar-refractivity contribution in [1.29, 1.82) is 0 Å². The highest BCUT2D eigenvalue weighted by atomic mass is 35.5. The summed E-state index contributed by atoms with van der Waals surface area (Å²) in [6.07, 6.45) is 4.09. The molecule has 0 radical (unpaired) electrons. The van der Waals surface area contributed by atoms with Crippen LogP contribution >= 0.6 is 23.2 Å². The van der Waals surface area contributed by atoms with Crippen molar-refractivity contribution in [3.05, 3.63) is 94.2 Å². The van der Waals surface area contributed by atoms with Gasteiger partial charge in [-0.3, -0.25) is 14.6 Å². The number of hydrogen-bond donors (Lipinski definition) is 2. The van der Waals surface area contributed by atoms with E-state index in [1.165, 1.54) is 12.3 Å². The highest BCUT2D eigenvalue weighted by Crippen LogP contribution is 2.28. The normalized spacial score (nSPS) is 12.7. The van der Waals surface area contributed by atoms with Crippen LogP contribution in [-0.4, -0.2) is 35.2 Å².